The number of hydrogen-bond donors (Lipinski definition) is 0. The van der Waals surface area contributed by atoms with E-state index < -0.39 is 13.3 Å². The first-order chi connectivity index (χ1) is 9.42. The van der Waals surface area contributed by atoms with Gasteiger partial charge in [0.2, 0.25) is 0 Å². The second-order valence-electron chi connectivity index (χ2n) is 5.37. The van der Waals surface area contributed by atoms with Crippen LogP contribution in [0.4, 0.5) is 0 Å². The molecule has 0 aliphatic carbocycles. The molecule has 2 aromatic rings. The van der Waals surface area contributed by atoms with Crippen LogP contribution in [0.3, 0.4) is 0 Å². The fraction of sp³-hybridized carbons (Fsp3) is 0.111. The molecule has 0 unspecified atom stereocenters. The van der Waals surface area contributed by atoms with Crippen molar-refractivity contribution in [3.8, 4) is 0 Å². The predicted octanol–water partition coefficient (Wildman–Crippen LogP) is 2.99. The molecular weight excluding hydrogens is 289 g/mol. The Bertz CT molecular complexity index is 604. The molecule has 2 bridgehead atoms. The van der Waals surface area contributed by atoms with Crippen molar-refractivity contribution in [3.05, 3.63) is 81.6 Å². The van der Waals surface area contributed by atoms with E-state index in [1.165, 1.54) is 12.8 Å². The Balaban J connectivity index is 2.02. The number of hydrogen-bond acceptors (Lipinski definition) is 0. The van der Waals surface area contributed by atoms with Crippen molar-refractivity contribution in [1.82, 2.24) is 0 Å². The molecule has 2 heterocycles. The van der Waals surface area contributed by atoms with Gasteiger partial charge in [-0.15, -0.1) is 0 Å². The summed E-state index contributed by atoms with van der Waals surface area (Å²) in [5.41, 5.74) is 0. The molecule has 0 nitrogen and oxygen atoms in total. The molecule has 0 amide bonds. The predicted molar refractivity (Wildman–Crippen MR) is 83.3 cm³/mol. The van der Waals surface area contributed by atoms with Gasteiger partial charge in [-0.1, -0.05) is 0 Å². The summed E-state index contributed by atoms with van der Waals surface area (Å²) in [6, 6.07) is 22.5. The van der Waals surface area contributed by atoms with Crippen LogP contribution in [0, 0.1) is 0 Å². The average molecular weight is 305 g/mol. The van der Waals surface area contributed by atoms with Gasteiger partial charge < -0.3 is 0 Å². The Morgan fingerprint density at radius 3 is 1.37 bits per heavy atom. The van der Waals surface area contributed by atoms with Crippen LogP contribution in [0.2, 0.25) is 0 Å². The van der Waals surface area contributed by atoms with E-state index in [4.69, 9.17) is 0 Å². The second kappa shape index (κ2) is 4.24. The van der Waals surface area contributed by atoms with Crippen LogP contribution in [0.15, 0.2) is 81.6 Å². The van der Waals surface area contributed by atoms with Crippen molar-refractivity contribution in [2.24, 2.45) is 0 Å². The van der Waals surface area contributed by atoms with Gasteiger partial charge in [0.15, 0.2) is 0 Å². The third-order valence-electron chi connectivity index (χ3n) is 4.53. The van der Waals surface area contributed by atoms with E-state index in [1.54, 1.807) is 17.6 Å². The monoisotopic (exact) mass is 306 g/mol. The summed E-state index contributed by atoms with van der Waals surface area (Å²) in [4.78, 5) is 0. The Kier molecular flexibility index (Phi) is 2.52. The van der Waals surface area contributed by atoms with E-state index in [9.17, 15) is 0 Å². The number of benzene rings is 2. The molecule has 2 aromatic carbocycles. The molecule has 1 heteroatoms. The topological polar surface area (TPSA) is 0 Å². The zero-order valence-electron chi connectivity index (χ0n) is 10.8. The molecule has 19 heavy (non-hydrogen) atoms. The zero-order chi connectivity index (χ0) is 12.7. The van der Waals surface area contributed by atoms with Gasteiger partial charge in [0.25, 0.3) is 0 Å². The van der Waals surface area contributed by atoms with Gasteiger partial charge >= 0.3 is 117 Å². The molecule has 0 spiro atoms. The normalized spacial score (nSPS) is 19.2. The van der Waals surface area contributed by atoms with E-state index >= 15 is 0 Å². The first-order valence-corrected chi connectivity index (χ1v) is 11.1. The molecule has 2 aliphatic heterocycles. The van der Waals surface area contributed by atoms with Crippen molar-refractivity contribution >= 4 is 22.1 Å². The van der Waals surface area contributed by atoms with Crippen molar-refractivity contribution in [1.29, 1.82) is 0 Å². The molecule has 0 N–H and O–H groups in total. The average Bonchev–Trinajstić information content (AvgIpc) is 3.05. The third kappa shape index (κ3) is 1.47. The van der Waals surface area contributed by atoms with E-state index in [2.05, 4.69) is 72.8 Å². The van der Waals surface area contributed by atoms with Crippen molar-refractivity contribution in [2.45, 2.75) is 12.8 Å². The quantitative estimate of drug-likeness (QED) is 0.748. The van der Waals surface area contributed by atoms with Gasteiger partial charge in [0.05, 0.1) is 0 Å². The Labute approximate surface area is 116 Å². The fourth-order valence-corrected chi connectivity index (χ4v) is 14.8. The van der Waals surface area contributed by atoms with Gasteiger partial charge in [-0.05, 0) is 0 Å². The molecule has 4 rings (SSSR count). The molecule has 0 atom stereocenters. The van der Waals surface area contributed by atoms with Crippen molar-refractivity contribution in [3.63, 3.8) is 0 Å². The van der Waals surface area contributed by atoms with Crippen molar-refractivity contribution < 1.29 is 0 Å². The van der Waals surface area contributed by atoms with Gasteiger partial charge in [0.1, 0.15) is 0 Å². The minimum absolute atomic E-state index is 1.29. The van der Waals surface area contributed by atoms with Crippen molar-refractivity contribution in [2.75, 3.05) is 0 Å². The van der Waals surface area contributed by atoms with Gasteiger partial charge in [0, 0.05) is 0 Å². The molecule has 0 saturated carbocycles. The Morgan fingerprint density at radius 1 is 0.579 bits per heavy atom. The zero-order valence-corrected chi connectivity index (χ0v) is 12.9. The van der Waals surface area contributed by atoms with Crippen LogP contribution in [0.1, 0.15) is 12.8 Å². The molecule has 1 saturated heterocycles. The summed E-state index contributed by atoms with van der Waals surface area (Å²) in [6.07, 6.45) is 7.41. The first kappa shape index (κ1) is 11.3. The third-order valence-corrected chi connectivity index (χ3v) is 15.3. The number of rotatable bonds is 2. The molecule has 0 radical (unpaired) electrons. The molecule has 1 fully saturated rings. The maximum atomic E-state index is 2.42. The van der Waals surface area contributed by atoms with Crippen LogP contribution >= 0.6 is 0 Å². The summed E-state index contributed by atoms with van der Waals surface area (Å²) in [7, 11) is 0. The molecule has 92 valence electrons. The molecule has 0 aromatic heterocycles. The maximum absolute atomic E-state index is 2.42. The SMILES string of the molecule is C1=[C]2CC[C](=C1)[Ge]2([c]1ccccc1)[c]1ccccc1. The van der Waals surface area contributed by atoms with E-state index in [0.717, 1.165) is 0 Å². The minimum atomic E-state index is -2.38. The van der Waals surface area contributed by atoms with Gasteiger partial charge in [-0.3, -0.25) is 0 Å². The van der Waals surface area contributed by atoms with E-state index in [1.807, 2.05) is 0 Å². The fourth-order valence-electron chi connectivity index (χ4n) is 3.75. The second-order valence-corrected chi connectivity index (χ2v) is 13.6. The summed E-state index contributed by atoms with van der Waals surface area (Å²) in [5, 5.41) is 0. The van der Waals surface area contributed by atoms with Crippen LogP contribution in [-0.4, -0.2) is 13.3 Å². The summed E-state index contributed by atoms with van der Waals surface area (Å²) < 4.78 is 6.68. The Hall–Kier alpha value is -1.54. The first-order valence-electron chi connectivity index (χ1n) is 6.94. The van der Waals surface area contributed by atoms with Crippen LogP contribution in [-0.2, 0) is 0 Å². The van der Waals surface area contributed by atoms with Crippen LogP contribution < -0.4 is 8.79 Å². The Morgan fingerprint density at radius 2 is 1.00 bits per heavy atom. The van der Waals surface area contributed by atoms with Crippen LogP contribution in [0.25, 0.3) is 0 Å². The molecule has 2 aliphatic rings. The number of fused-ring (bicyclic) bond motifs is 2. The summed E-state index contributed by atoms with van der Waals surface area (Å²) in [6.45, 7) is 0. The van der Waals surface area contributed by atoms with Gasteiger partial charge in [-0.25, -0.2) is 0 Å². The van der Waals surface area contributed by atoms with E-state index in [0.29, 0.717) is 0 Å². The van der Waals surface area contributed by atoms with Gasteiger partial charge in [-0.2, -0.15) is 0 Å². The summed E-state index contributed by atoms with van der Waals surface area (Å²) in [5.74, 6) is 0. The summed E-state index contributed by atoms with van der Waals surface area (Å²) >= 11 is -2.38. The standard InChI is InChI=1S/C18H16Ge/c1-3-7-15(8-4-1)19(16-9-5-2-6-10-16)17-11-12-18(19)14-13-17/h1-12H,13-14H2. The van der Waals surface area contributed by atoms with Crippen LogP contribution in [0.5, 0.6) is 0 Å². The number of allylic oxidation sites excluding steroid dienone is 4. The molecular formula is C18H16Ge. The van der Waals surface area contributed by atoms with E-state index in [-0.39, 0.29) is 0 Å².